The molecule has 0 bridgehead atoms. The van der Waals surface area contributed by atoms with Gasteiger partial charge in [-0.15, -0.1) is 0 Å². The fraction of sp³-hybridized carbons (Fsp3) is 0.294. The molecule has 1 saturated heterocycles. The zero-order valence-electron chi connectivity index (χ0n) is 25.2. The molecule has 3 aromatic carbocycles. The van der Waals surface area contributed by atoms with Crippen molar-refractivity contribution < 1.29 is 14.3 Å². The molecule has 0 aliphatic carbocycles. The van der Waals surface area contributed by atoms with E-state index in [9.17, 15) is 9.59 Å². The van der Waals surface area contributed by atoms with Gasteiger partial charge in [-0.1, -0.05) is 54.6 Å². The molecule has 10 nitrogen and oxygen atoms in total. The number of likely N-dealkylation sites (tertiary alicyclic amines) is 1. The van der Waals surface area contributed by atoms with Gasteiger partial charge < -0.3 is 19.4 Å². The number of hydrogen-bond acceptors (Lipinski definition) is 7. The zero-order valence-corrected chi connectivity index (χ0v) is 25.2. The third kappa shape index (κ3) is 6.07. The van der Waals surface area contributed by atoms with Crippen LogP contribution in [0.2, 0.25) is 0 Å². The predicted octanol–water partition coefficient (Wildman–Crippen LogP) is 5.33. The SMILES string of the molecule is COc1cc(CN2CCC(N(C)C(=O)OCc3ccccc3)CC2)ccc1-c1nc2c(C)nn(-c3ccccc3)c2c(=O)[nH]1. The topological polar surface area (TPSA) is 106 Å². The lowest BCUT2D eigenvalue weighted by atomic mass is 10.0. The summed E-state index contributed by atoms with van der Waals surface area (Å²) in [6, 6.07) is 25.4. The average Bonchev–Trinajstić information content (AvgIpc) is 3.41. The lowest BCUT2D eigenvalue weighted by Gasteiger charge is -2.36. The van der Waals surface area contributed by atoms with Gasteiger partial charge in [-0.05, 0) is 55.2 Å². The summed E-state index contributed by atoms with van der Waals surface area (Å²) >= 11 is 0. The Labute approximate surface area is 255 Å². The second-order valence-electron chi connectivity index (χ2n) is 11.1. The number of methoxy groups -OCH3 is 1. The van der Waals surface area contributed by atoms with Crippen LogP contribution >= 0.6 is 0 Å². The number of rotatable bonds is 8. The van der Waals surface area contributed by atoms with E-state index in [0.29, 0.717) is 33.9 Å². The van der Waals surface area contributed by atoms with Gasteiger partial charge in [0.1, 0.15) is 23.7 Å². The number of aryl methyl sites for hydroxylation is 1. The van der Waals surface area contributed by atoms with Crippen molar-refractivity contribution in [1.29, 1.82) is 0 Å². The summed E-state index contributed by atoms with van der Waals surface area (Å²) in [7, 11) is 3.44. The predicted molar refractivity (Wildman–Crippen MR) is 169 cm³/mol. The van der Waals surface area contributed by atoms with Crippen molar-refractivity contribution in [3.63, 3.8) is 0 Å². The van der Waals surface area contributed by atoms with Crippen LogP contribution in [0, 0.1) is 6.92 Å². The summed E-state index contributed by atoms with van der Waals surface area (Å²) < 4.78 is 12.9. The van der Waals surface area contributed by atoms with E-state index in [1.165, 1.54) is 0 Å². The van der Waals surface area contributed by atoms with Crippen LogP contribution < -0.4 is 10.3 Å². The van der Waals surface area contributed by atoms with Crippen LogP contribution in [0.25, 0.3) is 28.1 Å². The van der Waals surface area contributed by atoms with Crippen molar-refractivity contribution in [2.75, 3.05) is 27.2 Å². The third-order valence-electron chi connectivity index (χ3n) is 8.23. The van der Waals surface area contributed by atoms with Crippen LogP contribution in [-0.2, 0) is 17.9 Å². The van der Waals surface area contributed by atoms with Crippen molar-refractivity contribution >= 4 is 17.1 Å². The number of para-hydroxylation sites is 1. The number of benzene rings is 3. The second-order valence-corrected chi connectivity index (χ2v) is 11.1. The summed E-state index contributed by atoms with van der Waals surface area (Å²) in [4.78, 5) is 37.8. The first kappa shape index (κ1) is 29.1. The Morgan fingerprint density at radius 3 is 2.41 bits per heavy atom. The van der Waals surface area contributed by atoms with Gasteiger partial charge in [0.25, 0.3) is 5.56 Å². The first-order valence-corrected chi connectivity index (χ1v) is 14.8. The number of aromatic nitrogens is 4. The largest absolute Gasteiger partial charge is 0.496 e. The molecule has 1 fully saturated rings. The van der Waals surface area contributed by atoms with Crippen molar-refractivity contribution in [3.05, 3.63) is 106 Å². The minimum atomic E-state index is -0.292. The van der Waals surface area contributed by atoms with E-state index in [4.69, 9.17) is 14.5 Å². The number of piperidine rings is 1. The zero-order chi connectivity index (χ0) is 30.6. The maximum Gasteiger partial charge on any atom is 0.410 e. The Balaban J connectivity index is 1.12. The number of H-pyrrole nitrogens is 1. The molecular weight excluding hydrogens is 556 g/mol. The molecule has 44 heavy (non-hydrogen) atoms. The third-order valence-corrected chi connectivity index (χ3v) is 8.23. The van der Waals surface area contributed by atoms with Gasteiger partial charge in [-0.2, -0.15) is 5.10 Å². The molecule has 1 aliphatic heterocycles. The number of nitrogens with one attached hydrogen (secondary N) is 1. The minimum absolute atomic E-state index is 0.138. The molecule has 6 rings (SSSR count). The minimum Gasteiger partial charge on any atom is -0.496 e. The number of fused-ring (bicyclic) bond motifs is 1. The molecule has 1 aliphatic rings. The fourth-order valence-electron chi connectivity index (χ4n) is 5.77. The van der Waals surface area contributed by atoms with E-state index in [1.807, 2.05) is 92.8 Å². The first-order chi connectivity index (χ1) is 21.4. The second kappa shape index (κ2) is 12.7. The first-order valence-electron chi connectivity index (χ1n) is 14.8. The van der Waals surface area contributed by atoms with E-state index in [1.54, 1.807) is 16.7 Å². The van der Waals surface area contributed by atoms with Crippen molar-refractivity contribution in [2.45, 2.75) is 39.0 Å². The Bertz CT molecular complexity index is 1810. The average molecular weight is 593 g/mol. The van der Waals surface area contributed by atoms with Crippen molar-refractivity contribution in [3.8, 4) is 22.8 Å². The highest BCUT2D eigenvalue weighted by atomic mass is 16.6. The van der Waals surface area contributed by atoms with Gasteiger partial charge in [0.2, 0.25) is 0 Å². The number of nitrogens with zero attached hydrogens (tertiary/aromatic N) is 5. The summed E-state index contributed by atoms with van der Waals surface area (Å²) in [6.45, 7) is 4.60. The maximum absolute atomic E-state index is 13.3. The molecule has 0 atom stereocenters. The van der Waals surface area contributed by atoms with Gasteiger partial charge >= 0.3 is 6.09 Å². The fourth-order valence-corrected chi connectivity index (χ4v) is 5.77. The molecule has 226 valence electrons. The van der Waals surface area contributed by atoms with Crippen LogP contribution in [-0.4, -0.2) is 68.9 Å². The molecule has 2 aromatic heterocycles. The summed E-state index contributed by atoms with van der Waals surface area (Å²) in [5.74, 6) is 1.07. The van der Waals surface area contributed by atoms with E-state index in [0.717, 1.165) is 49.3 Å². The standard InChI is InChI=1S/C34H36N6O4/c1-23-30-31(40(37-23)27-12-8-5-9-13-27)33(41)36-32(35-30)28-15-14-25(20-29(28)43-3)21-39-18-16-26(17-19-39)38(2)34(42)44-22-24-10-6-4-7-11-24/h4-15,20,26H,16-19,21-22H2,1-3H3,(H,35,36,41). The van der Waals surface area contributed by atoms with Crippen molar-refractivity contribution in [2.24, 2.45) is 0 Å². The Kier molecular flexibility index (Phi) is 8.42. The lowest BCUT2D eigenvalue weighted by molar-refractivity contribution is 0.0712. The summed E-state index contributed by atoms with van der Waals surface area (Å²) in [5.41, 5.74) is 4.94. The lowest BCUT2D eigenvalue weighted by Crippen LogP contribution is -2.45. The highest BCUT2D eigenvalue weighted by Gasteiger charge is 2.26. The number of amides is 1. The monoisotopic (exact) mass is 592 g/mol. The Morgan fingerprint density at radius 1 is 1.00 bits per heavy atom. The number of ether oxygens (including phenoxy) is 2. The van der Waals surface area contributed by atoms with Gasteiger partial charge in [-0.25, -0.2) is 14.5 Å². The summed E-state index contributed by atoms with van der Waals surface area (Å²) in [6.07, 6.45) is 1.45. The number of hydrogen-bond donors (Lipinski definition) is 1. The van der Waals surface area contributed by atoms with Gasteiger partial charge in [0.05, 0.1) is 24.1 Å². The van der Waals surface area contributed by atoms with Gasteiger partial charge in [0, 0.05) is 32.7 Å². The molecule has 1 N–H and O–H groups in total. The van der Waals surface area contributed by atoms with Crippen LogP contribution in [0.5, 0.6) is 5.75 Å². The Hall–Kier alpha value is -4.96. The van der Waals surface area contributed by atoms with E-state index >= 15 is 0 Å². The quantitative estimate of drug-likeness (QED) is 0.260. The molecule has 5 aromatic rings. The molecular formula is C34H36N6O4. The maximum atomic E-state index is 13.3. The number of carbonyl (C=O) groups excluding carboxylic acids is 1. The molecule has 1 amide bonds. The number of aromatic amines is 1. The highest BCUT2D eigenvalue weighted by Crippen LogP contribution is 2.30. The van der Waals surface area contributed by atoms with E-state index < -0.39 is 0 Å². The Morgan fingerprint density at radius 2 is 1.70 bits per heavy atom. The molecule has 0 radical (unpaired) electrons. The van der Waals surface area contributed by atoms with E-state index in [2.05, 4.69) is 15.0 Å². The van der Waals surface area contributed by atoms with Gasteiger partial charge in [0.15, 0.2) is 5.52 Å². The van der Waals surface area contributed by atoms with Crippen LogP contribution in [0.3, 0.4) is 0 Å². The van der Waals surface area contributed by atoms with Crippen LogP contribution in [0.15, 0.2) is 83.7 Å². The smallest absolute Gasteiger partial charge is 0.410 e. The van der Waals surface area contributed by atoms with Crippen LogP contribution in [0.1, 0.15) is 29.7 Å². The van der Waals surface area contributed by atoms with Crippen LogP contribution in [0.4, 0.5) is 4.79 Å². The molecule has 0 spiro atoms. The van der Waals surface area contributed by atoms with Crippen molar-refractivity contribution in [1.82, 2.24) is 29.5 Å². The normalized spacial score (nSPS) is 14.1. The molecule has 10 heteroatoms. The summed E-state index contributed by atoms with van der Waals surface area (Å²) in [5, 5.41) is 4.59. The molecule has 0 unspecified atom stereocenters. The highest BCUT2D eigenvalue weighted by molar-refractivity contribution is 5.81. The molecule has 0 saturated carbocycles. The number of carbonyl (C=O) groups is 1. The molecule has 3 heterocycles. The van der Waals surface area contributed by atoms with Gasteiger partial charge in [-0.3, -0.25) is 9.69 Å². The van der Waals surface area contributed by atoms with E-state index in [-0.39, 0.29) is 24.3 Å².